The third-order valence-electron chi connectivity index (χ3n) is 3.53. The van der Waals surface area contributed by atoms with E-state index < -0.39 is 6.10 Å². The highest BCUT2D eigenvalue weighted by Gasteiger charge is 2.22. The molecular formula is C14H20ClNO. The van der Waals surface area contributed by atoms with Crippen LogP contribution >= 0.6 is 11.6 Å². The fourth-order valence-electron chi connectivity index (χ4n) is 2.51. The number of hydrogen-bond donors (Lipinski definition) is 2. The molecule has 2 atom stereocenters. The van der Waals surface area contributed by atoms with E-state index in [1.807, 2.05) is 25.1 Å². The summed E-state index contributed by atoms with van der Waals surface area (Å²) in [7, 11) is 0. The zero-order chi connectivity index (χ0) is 12.3. The highest BCUT2D eigenvalue weighted by Crippen LogP contribution is 2.26. The molecule has 2 N–H and O–H groups in total. The molecule has 17 heavy (non-hydrogen) atoms. The van der Waals surface area contributed by atoms with Crippen molar-refractivity contribution in [3.8, 4) is 0 Å². The molecule has 1 aromatic rings. The van der Waals surface area contributed by atoms with Gasteiger partial charge in [-0.15, -0.1) is 0 Å². The van der Waals surface area contributed by atoms with E-state index in [4.69, 9.17) is 11.6 Å². The number of hydrogen-bond acceptors (Lipinski definition) is 2. The van der Waals surface area contributed by atoms with Crippen LogP contribution in [-0.2, 0) is 0 Å². The van der Waals surface area contributed by atoms with E-state index in [9.17, 15) is 5.11 Å². The molecule has 0 spiro atoms. The molecule has 0 saturated carbocycles. The van der Waals surface area contributed by atoms with Crippen molar-refractivity contribution in [2.24, 2.45) is 0 Å². The summed E-state index contributed by atoms with van der Waals surface area (Å²) in [4.78, 5) is 0. The molecule has 2 rings (SSSR count). The van der Waals surface area contributed by atoms with Gasteiger partial charge in [-0.05, 0) is 49.6 Å². The summed E-state index contributed by atoms with van der Waals surface area (Å²) in [6, 6.07) is 5.88. The lowest BCUT2D eigenvalue weighted by Gasteiger charge is -2.24. The van der Waals surface area contributed by atoms with Crippen LogP contribution in [-0.4, -0.2) is 17.7 Å². The largest absolute Gasteiger partial charge is 0.387 e. The molecular weight excluding hydrogens is 234 g/mol. The van der Waals surface area contributed by atoms with Crippen molar-refractivity contribution in [2.45, 2.75) is 44.8 Å². The van der Waals surface area contributed by atoms with Gasteiger partial charge in [-0.3, -0.25) is 0 Å². The summed E-state index contributed by atoms with van der Waals surface area (Å²) in [5, 5.41) is 14.6. The number of aliphatic hydroxyl groups is 1. The second-order valence-electron chi connectivity index (χ2n) is 4.86. The van der Waals surface area contributed by atoms with Gasteiger partial charge in [0.1, 0.15) is 0 Å². The van der Waals surface area contributed by atoms with Crippen molar-refractivity contribution in [1.29, 1.82) is 0 Å². The smallest absolute Gasteiger partial charge is 0.0945 e. The van der Waals surface area contributed by atoms with Crippen molar-refractivity contribution in [3.05, 3.63) is 34.3 Å². The summed E-state index contributed by atoms with van der Waals surface area (Å²) in [5.74, 6) is 0. The summed E-state index contributed by atoms with van der Waals surface area (Å²) < 4.78 is 0. The molecule has 1 aromatic carbocycles. The van der Waals surface area contributed by atoms with Gasteiger partial charge >= 0.3 is 0 Å². The first-order chi connectivity index (χ1) is 8.18. The highest BCUT2D eigenvalue weighted by atomic mass is 35.5. The van der Waals surface area contributed by atoms with Crippen molar-refractivity contribution < 1.29 is 5.11 Å². The maximum atomic E-state index is 10.4. The van der Waals surface area contributed by atoms with Crippen molar-refractivity contribution in [1.82, 2.24) is 5.32 Å². The zero-order valence-electron chi connectivity index (χ0n) is 10.2. The average molecular weight is 254 g/mol. The SMILES string of the molecule is Cc1cc(Cl)ccc1C(O)C1CCCCCN1. The summed E-state index contributed by atoms with van der Waals surface area (Å²) in [6.45, 7) is 3.01. The van der Waals surface area contributed by atoms with Crippen LogP contribution in [0.15, 0.2) is 18.2 Å². The Morgan fingerprint density at radius 2 is 2.18 bits per heavy atom. The standard InChI is InChI=1S/C14H20ClNO/c1-10-9-11(15)6-7-12(10)14(17)13-5-3-2-4-8-16-13/h6-7,9,13-14,16-17H,2-5,8H2,1H3. The molecule has 1 aliphatic rings. The maximum Gasteiger partial charge on any atom is 0.0945 e. The molecule has 1 saturated heterocycles. The zero-order valence-corrected chi connectivity index (χ0v) is 11.0. The molecule has 3 heteroatoms. The predicted molar refractivity (Wildman–Crippen MR) is 71.4 cm³/mol. The molecule has 0 amide bonds. The van der Waals surface area contributed by atoms with E-state index in [1.165, 1.54) is 19.3 Å². The van der Waals surface area contributed by atoms with Crippen LogP contribution in [0.1, 0.15) is 42.9 Å². The van der Waals surface area contributed by atoms with Crippen LogP contribution in [0, 0.1) is 6.92 Å². The molecule has 94 valence electrons. The van der Waals surface area contributed by atoms with Crippen molar-refractivity contribution >= 4 is 11.6 Å². The number of benzene rings is 1. The minimum Gasteiger partial charge on any atom is -0.387 e. The minimum absolute atomic E-state index is 0.178. The van der Waals surface area contributed by atoms with E-state index >= 15 is 0 Å². The normalized spacial score (nSPS) is 23.1. The molecule has 1 fully saturated rings. The van der Waals surface area contributed by atoms with E-state index in [0.29, 0.717) is 0 Å². The van der Waals surface area contributed by atoms with Gasteiger partial charge in [-0.1, -0.05) is 30.5 Å². The number of halogens is 1. The van der Waals surface area contributed by atoms with Crippen LogP contribution in [0.25, 0.3) is 0 Å². The summed E-state index contributed by atoms with van der Waals surface area (Å²) in [5.41, 5.74) is 2.06. The maximum absolute atomic E-state index is 10.4. The Labute approximate surface area is 108 Å². The first-order valence-corrected chi connectivity index (χ1v) is 6.74. The van der Waals surface area contributed by atoms with Crippen LogP contribution < -0.4 is 5.32 Å². The van der Waals surface area contributed by atoms with Gasteiger partial charge < -0.3 is 10.4 Å². The first kappa shape index (κ1) is 12.9. The molecule has 1 heterocycles. The average Bonchev–Trinajstić information content (AvgIpc) is 2.56. The molecule has 1 aliphatic heterocycles. The highest BCUT2D eigenvalue weighted by molar-refractivity contribution is 6.30. The minimum atomic E-state index is -0.426. The Kier molecular flexibility index (Phi) is 4.43. The Morgan fingerprint density at radius 3 is 2.94 bits per heavy atom. The number of aliphatic hydroxyl groups excluding tert-OH is 1. The van der Waals surface area contributed by atoms with Gasteiger partial charge in [-0.2, -0.15) is 0 Å². The Bertz CT molecular complexity index is 372. The third-order valence-corrected chi connectivity index (χ3v) is 3.77. The topological polar surface area (TPSA) is 32.3 Å². The fraction of sp³-hybridized carbons (Fsp3) is 0.571. The first-order valence-electron chi connectivity index (χ1n) is 6.36. The van der Waals surface area contributed by atoms with Gasteiger partial charge in [0.25, 0.3) is 0 Å². The third kappa shape index (κ3) is 3.21. The Morgan fingerprint density at radius 1 is 1.35 bits per heavy atom. The van der Waals surface area contributed by atoms with Gasteiger partial charge in [0.15, 0.2) is 0 Å². The molecule has 0 radical (unpaired) electrons. The van der Waals surface area contributed by atoms with Crippen molar-refractivity contribution in [3.63, 3.8) is 0 Å². The lowest BCUT2D eigenvalue weighted by Crippen LogP contribution is -2.34. The second-order valence-corrected chi connectivity index (χ2v) is 5.29. The van der Waals surface area contributed by atoms with Gasteiger partial charge in [-0.25, -0.2) is 0 Å². The van der Waals surface area contributed by atoms with E-state index in [0.717, 1.165) is 29.1 Å². The summed E-state index contributed by atoms with van der Waals surface area (Å²) >= 11 is 5.94. The van der Waals surface area contributed by atoms with E-state index in [2.05, 4.69) is 5.32 Å². The molecule has 0 bridgehead atoms. The second kappa shape index (κ2) is 5.85. The van der Waals surface area contributed by atoms with E-state index in [1.54, 1.807) is 0 Å². The number of rotatable bonds is 2. The molecule has 2 unspecified atom stereocenters. The quantitative estimate of drug-likeness (QED) is 0.848. The molecule has 0 aromatic heterocycles. The summed E-state index contributed by atoms with van der Waals surface area (Å²) in [6.07, 6.45) is 4.29. The Balaban J connectivity index is 2.14. The predicted octanol–water partition coefficient (Wildman–Crippen LogP) is 3.21. The lowest BCUT2D eigenvalue weighted by atomic mass is 9.95. The van der Waals surface area contributed by atoms with Gasteiger partial charge in [0.05, 0.1) is 6.10 Å². The van der Waals surface area contributed by atoms with Crippen LogP contribution in [0.4, 0.5) is 0 Å². The van der Waals surface area contributed by atoms with E-state index in [-0.39, 0.29) is 6.04 Å². The lowest BCUT2D eigenvalue weighted by molar-refractivity contribution is 0.125. The van der Waals surface area contributed by atoms with Gasteiger partial charge in [0.2, 0.25) is 0 Å². The van der Waals surface area contributed by atoms with Crippen LogP contribution in [0.3, 0.4) is 0 Å². The van der Waals surface area contributed by atoms with Crippen molar-refractivity contribution in [2.75, 3.05) is 6.54 Å². The molecule has 0 aliphatic carbocycles. The number of nitrogens with one attached hydrogen (secondary N) is 1. The number of aryl methyl sites for hydroxylation is 1. The van der Waals surface area contributed by atoms with Gasteiger partial charge in [0, 0.05) is 11.1 Å². The molecule has 2 nitrogen and oxygen atoms in total. The fourth-order valence-corrected chi connectivity index (χ4v) is 2.74. The monoisotopic (exact) mass is 253 g/mol. The Hall–Kier alpha value is -0.570. The van der Waals surface area contributed by atoms with Crippen LogP contribution in [0.5, 0.6) is 0 Å². The van der Waals surface area contributed by atoms with Crippen LogP contribution in [0.2, 0.25) is 5.02 Å².